The summed E-state index contributed by atoms with van der Waals surface area (Å²) in [6, 6.07) is 9.02. The molecule has 0 bridgehead atoms. The predicted molar refractivity (Wildman–Crippen MR) is 104 cm³/mol. The van der Waals surface area contributed by atoms with Crippen LogP contribution in [0.2, 0.25) is 0 Å². The molecule has 2 heterocycles. The first-order valence-corrected chi connectivity index (χ1v) is 8.68. The van der Waals surface area contributed by atoms with Gasteiger partial charge in [-0.2, -0.15) is 0 Å². The maximum atomic E-state index is 12.3. The van der Waals surface area contributed by atoms with Crippen LogP contribution in [-0.4, -0.2) is 29.6 Å². The molecule has 3 aromatic rings. The smallest absolute Gasteiger partial charge is 0.270 e. The van der Waals surface area contributed by atoms with Crippen LogP contribution in [0.5, 0.6) is 11.5 Å². The van der Waals surface area contributed by atoms with E-state index in [0.717, 1.165) is 11.1 Å². The van der Waals surface area contributed by atoms with Crippen LogP contribution in [0.4, 0.5) is 0 Å². The van der Waals surface area contributed by atoms with Crippen LogP contribution >= 0.6 is 0 Å². The SMILES string of the molecule is C=CCOc1cc(-c2nc(CNC(=O)c3ncccc3C)co2)ccc1OC. The Morgan fingerprint density at radius 2 is 2.18 bits per heavy atom. The van der Waals surface area contributed by atoms with E-state index in [0.29, 0.717) is 35.4 Å². The van der Waals surface area contributed by atoms with Crippen LogP contribution in [0.15, 0.2) is 59.9 Å². The molecule has 0 unspecified atom stereocenters. The highest BCUT2D eigenvalue weighted by atomic mass is 16.5. The van der Waals surface area contributed by atoms with Crippen molar-refractivity contribution in [3.63, 3.8) is 0 Å². The standard InChI is InChI=1S/C21H21N3O4/c1-4-10-27-18-11-15(7-8-17(18)26-3)21-24-16(13-28-21)12-23-20(25)19-14(2)6-5-9-22-19/h4-9,11,13H,1,10,12H2,2-3H3,(H,23,25). The fourth-order valence-electron chi connectivity index (χ4n) is 2.57. The average Bonchev–Trinajstić information content (AvgIpc) is 3.19. The second-order valence-electron chi connectivity index (χ2n) is 5.96. The van der Waals surface area contributed by atoms with Crippen molar-refractivity contribution < 1.29 is 18.7 Å². The van der Waals surface area contributed by atoms with E-state index in [1.165, 1.54) is 6.26 Å². The lowest BCUT2D eigenvalue weighted by Gasteiger charge is -2.09. The van der Waals surface area contributed by atoms with E-state index in [4.69, 9.17) is 13.9 Å². The van der Waals surface area contributed by atoms with Crippen molar-refractivity contribution >= 4 is 5.91 Å². The summed E-state index contributed by atoms with van der Waals surface area (Å²) in [6.45, 7) is 6.07. The maximum Gasteiger partial charge on any atom is 0.270 e. The lowest BCUT2D eigenvalue weighted by molar-refractivity contribution is 0.0945. The van der Waals surface area contributed by atoms with Crippen LogP contribution in [0.1, 0.15) is 21.7 Å². The number of benzene rings is 1. The molecule has 7 heteroatoms. The number of rotatable bonds is 8. The normalized spacial score (nSPS) is 10.4. The highest BCUT2D eigenvalue weighted by Crippen LogP contribution is 2.32. The Morgan fingerprint density at radius 1 is 1.32 bits per heavy atom. The Kier molecular flexibility index (Phi) is 6.06. The van der Waals surface area contributed by atoms with E-state index in [9.17, 15) is 4.79 Å². The number of methoxy groups -OCH3 is 1. The third kappa shape index (κ3) is 4.37. The van der Waals surface area contributed by atoms with E-state index in [2.05, 4.69) is 21.9 Å². The zero-order chi connectivity index (χ0) is 19.9. The van der Waals surface area contributed by atoms with Gasteiger partial charge in [-0.25, -0.2) is 4.98 Å². The van der Waals surface area contributed by atoms with Crippen molar-refractivity contribution in [2.24, 2.45) is 0 Å². The zero-order valence-electron chi connectivity index (χ0n) is 15.8. The van der Waals surface area contributed by atoms with Gasteiger partial charge in [-0.05, 0) is 36.8 Å². The number of nitrogens with one attached hydrogen (secondary N) is 1. The quantitative estimate of drug-likeness (QED) is 0.603. The van der Waals surface area contributed by atoms with Gasteiger partial charge in [-0.1, -0.05) is 18.7 Å². The molecular formula is C21H21N3O4. The topological polar surface area (TPSA) is 86.5 Å². The second kappa shape index (κ2) is 8.85. The summed E-state index contributed by atoms with van der Waals surface area (Å²) in [5.41, 5.74) is 2.54. The Hall–Kier alpha value is -3.61. The maximum absolute atomic E-state index is 12.3. The molecule has 0 aliphatic heterocycles. The molecule has 1 amide bonds. The van der Waals surface area contributed by atoms with Gasteiger partial charge in [0.1, 0.15) is 18.6 Å². The number of ether oxygens (including phenoxy) is 2. The van der Waals surface area contributed by atoms with E-state index in [-0.39, 0.29) is 12.5 Å². The van der Waals surface area contributed by atoms with Gasteiger partial charge in [0.05, 0.1) is 19.3 Å². The first-order chi connectivity index (χ1) is 13.6. The van der Waals surface area contributed by atoms with E-state index < -0.39 is 0 Å². The molecule has 0 saturated heterocycles. The number of amides is 1. The number of pyridine rings is 1. The first-order valence-electron chi connectivity index (χ1n) is 8.68. The molecule has 0 aliphatic carbocycles. The Balaban J connectivity index is 1.71. The van der Waals surface area contributed by atoms with E-state index >= 15 is 0 Å². The van der Waals surface area contributed by atoms with Crippen molar-refractivity contribution in [3.05, 3.63) is 72.4 Å². The summed E-state index contributed by atoms with van der Waals surface area (Å²) in [7, 11) is 1.57. The molecule has 144 valence electrons. The molecule has 0 fully saturated rings. The van der Waals surface area contributed by atoms with Gasteiger partial charge in [0.25, 0.3) is 5.91 Å². The summed E-state index contributed by atoms with van der Waals surface area (Å²) < 4.78 is 16.5. The van der Waals surface area contributed by atoms with Gasteiger partial charge in [0.15, 0.2) is 11.5 Å². The van der Waals surface area contributed by atoms with E-state index in [1.807, 2.05) is 19.1 Å². The minimum Gasteiger partial charge on any atom is -0.493 e. The van der Waals surface area contributed by atoms with Crippen LogP contribution in [0, 0.1) is 6.92 Å². The number of aromatic nitrogens is 2. The molecular weight excluding hydrogens is 358 g/mol. The van der Waals surface area contributed by atoms with Crippen LogP contribution in [-0.2, 0) is 6.54 Å². The molecule has 1 aromatic carbocycles. The minimum atomic E-state index is -0.257. The monoisotopic (exact) mass is 379 g/mol. The Morgan fingerprint density at radius 3 is 2.93 bits per heavy atom. The van der Waals surface area contributed by atoms with Gasteiger partial charge in [-0.3, -0.25) is 9.78 Å². The number of oxazole rings is 1. The van der Waals surface area contributed by atoms with Gasteiger partial charge >= 0.3 is 0 Å². The Labute approximate surface area is 163 Å². The predicted octanol–water partition coefficient (Wildman–Crippen LogP) is 3.55. The lowest BCUT2D eigenvalue weighted by Crippen LogP contribution is -2.24. The van der Waals surface area contributed by atoms with Crippen molar-refractivity contribution in [2.75, 3.05) is 13.7 Å². The molecule has 2 aromatic heterocycles. The minimum absolute atomic E-state index is 0.230. The van der Waals surface area contributed by atoms with E-state index in [1.54, 1.807) is 37.6 Å². The largest absolute Gasteiger partial charge is 0.493 e. The highest BCUT2D eigenvalue weighted by Gasteiger charge is 2.13. The van der Waals surface area contributed by atoms with Crippen molar-refractivity contribution in [2.45, 2.75) is 13.5 Å². The zero-order valence-corrected chi connectivity index (χ0v) is 15.8. The van der Waals surface area contributed by atoms with Crippen LogP contribution in [0.25, 0.3) is 11.5 Å². The third-order valence-corrected chi connectivity index (χ3v) is 3.97. The molecule has 7 nitrogen and oxygen atoms in total. The van der Waals surface area contributed by atoms with Gasteiger partial charge in [0.2, 0.25) is 5.89 Å². The summed E-state index contributed by atoms with van der Waals surface area (Å²) in [5, 5.41) is 2.80. The number of hydrogen-bond donors (Lipinski definition) is 1. The molecule has 0 aliphatic rings. The van der Waals surface area contributed by atoms with Crippen molar-refractivity contribution in [1.29, 1.82) is 0 Å². The molecule has 0 saturated carbocycles. The van der Waals surface area contributed by atoms with Crippen molar-refractivity contribution in [1.82, 2.24) is 15.3 Å². The summed E-state index contributed by atoms with van der Waals surface area (Å²) in [4.78, 5) is 20.8. The van der Waals surface area contributed by atoms with Crippen molar-refractivity contribution in [3.8, 4) is 23.0 Å². The first kappa shape index (κ1) is 19.2. The van der Waals surface area contributed by atoms with Gasteiger partial charge in [0, 0.05) is 11.8 Å². The number of nitrogens with zero attached hydrogens (tertiary/aromatic N) is 2. The fourth-order valence-corrected chi connectivity index (χ4v) is 2.57. The van der Waals surface area contributed by atoms with Gasteiger partial charge in [-0.15, -0.1) is 0 Å². The summed E-state index contributed by atoms with van der Waals surface area (Å²) >= 11 is 0. The molecule has 28 heavy (non-hydrogen) atoms. The Bertz CT molecular complexity index is 981. The highest BCUT2D eigenvalue weighted by molar-refractivity contribution is 5.93. The van der Waals surface area contributed by atoms with Crippen LogP contribution < -0.4 is 14.8 Å². The number of aryl methyl sites for hydroxylation is 1. The van der Waals surface area contributed by atoms with Crippen LogP contribution in [0.3, 0.4) is 0 Å². The fraction of sp³-hybridized carbons (Fsp3) is 0.190. The molecule has 0 atom stereocenters. The molecule has 0 spiro atoms. The summed E-state index contributed by atoms with van der Waals surface area (Å²) in [5.74, 6) is 1.34. The molecule has 0 radical (unpaired) electrons. The summed E-state index contributed by atoms with van der Waals surface area (Å²) in [6.07, 6.45) is 4.75. The second-order valence-corrected chi connectivity index (χ2v) is 5.96. The number of carbonyl (C=O) groups excluding carboxylic acids is 1. The molecule has 3 rings (SSSR count). The lowest BCUT2D eigenvalue weighted by atomic mass is 10.2. The molecule has 1 N–H and O–H groups in total. The van der Waals surface area contributed by atoms with Gasteiger partial charge < -0.3 is 19.2 Å². The average molecular weight is 379 g/mol. The number of hydrogen-bond acceptors (Lipinski definition) is 6. The number of carbonyl (C=O) groups is 1. The third-order valence-electron chi connectivity index (χ3n) is 3.97.